The van der Waals surface area contributed by atoms with Crippen molar-refractivity contribution < 1.29 is 23.8 Å². The summed E-state index contributed by atoms with van der Waals surface area (Å²) in [6, 6.07) is 18.4. The molecule has 3 amide bonds. The van der Waals surface area contributed by atoms with E-state index < -0.39 is 5.72 Å². The molecule has 8 heteroatoms. The number of fused-ring (bicyclic) bond motifs is 4. The molecule has 5 rings (SSSR count). The molecule has 2 aliphatic heterocycles. The normalized spacial score (nSPS) is 19.8. The molecule has 2 heterocycles. The van der Waals surface area contributed by atoms with Gasteiger partial charge in [0, 0.05) is 24.1 Å². The second-order valence-electron chi connectivity index (χ2n) is 9.61. The molecular formula is C29H31N3O5. The molecule has 3 aromatic carbocycles. The van der Waals surface area contributed by atoms with Crippen LogP contribution < -0.4 is 29.7 Å². The Hall–Kier alpha value is -4.20. The number of aryl methyl sites for hydroxylation is 1. The summed E-state index contributed by atoms with van der Waals surface area (Å²) >= 11 is 0. The molecule has 0 spiro atoms. The Bertz CT molecular complexity index is 1360. The number of nitrogens with zero attached hydrogens (tertiary/aromatic N) is 1. The van der Waals surface area contributed by atoms with Crippen molar-refractivity contribution in [3.8, 4) is 17.2 Å². The summed E-state index contributed by atoms with van der Waals surface area (Å²) in [6.45, 7) is 4.38. The van der Waals surface area contributed by atoms with E-state index in [1.807, 2.05) is 50.2 Å². The van der Waals surface area contributed by atoms with Crippen molar-refractivity contribution >= 4 is 17.6 Å². The van der Waals surface area contributed by atoms with Crippen molar-refractivity contribution in [2.24, 2.45) is 0 Å². The third-order valence-corrected chi connectivity index (χ3v) is 6.94. The van der Waals surface area contributed by atoms with E-state index in [2.05, 4.69) is 16.7 Å². The van der Waals surface area contributed by atoms with Crippen LogP contribution in [0.3, 0.4) is 0 Å². The van der Waals surface area contributed by atoms with Crippen molar-refractivity contribution in [3.63, 3.8) is 0 Å². The monoisotopic (exact) mass is 501 g/mol. The molecule has 2 unspecified atom stereocenters. The fourth-order valence-corrected chi connectivity index (χ4v) is 5.13. The highest BCUT2D eigenvalue weighted by Crippen LogP contribution is 2.45. The highest BCUT2D eigenvalue weighted by atomic mass is 16.5. The molecule has 0 aromatic heterocycles. The molecule has 2 N–H and O–H groups in total. The standard InChI is InChI=1S/C29H31N3O5/c1-18-8-10-24-22(14-18)23-17-29(2,37-24)32(28(34)31-23)21-7-5-6-20(16-21)27(33)30-13-12-19-9-11-25(35-3)26(15-19)36-4/h5-11,14-16,23H,12-13,17H2,1-4H3,(H,30,33)(H,31,34). The van der Waals surface area contributed by atoms with E-state index in [9.17, 15) is 9.59 Å². The number of anilines is 1. The number of hydrogen-bond acceptors (Lipinski definition) is 5. The van der Waals surface area contributed by atoms with Crippen molar-refractivity contribution in [3.05, 3.63) is 82.9 Å². The molecule has 0 aliphatic carbocycles. The molecule has 2 atom stereocenters. The molecule has 0 saturated carbocycles. The zero-order valence-corrected chi connectivity index (χ0v) is 21.5. The first-order valence-electron chi connectivity index (χ1n) is 12.3. The third kappa shape index (κ3) is 4.67. The van der Waals surface area contributed by atoms with E-state index in [0.29, 0.717) is 42.1 Å². The van der Waals surface area contributed by atoms with Gasteiger partial charge >= 0.3 is 6.03 Å². The lowest BCUT2D eigenvalue weighted by Gasteiger charge is -2.50. The van der Waals surface area contributed by atoms with Crippen LogP contribution in [-0.2, 0) is 6.42 Å². The Morgan fingerprint density at radius 3 is 2.70 bits per heavy atom. The molecule has 2 bridgehead atoms. The van der Waals surface area contributed by atoms with Gasteiger partial charge in [-0.2, -0.15) is 0 Å². The van der Waals surface area contributed by atoms with Crippen LogP contribution in [0.4, 0.5) is 10.5 Å². The van der Waals surface area contributed by atoms with E-state index in [0.717, 1.165) is 22.4 Å². The number of nitrogens with one attached hydrogen (secondary N) is 2. The molecular weight excluding hydrogens is 470 g/mol. The van der Waals surface area contributed by atoms with Gasteiger partial charge in [0.25, 0.3) is 5.91 Å². The fraction of sp³-hybridized carbons (Fsp3) is 0.310. The van der Waals surface area contributed by atoms with Crippen molar-refractivity contribution in [2.45, 2.75) is 38.5 Å². The Balaban J connectivity index is 1.30. The van der Waals surface area contributed by atoms with E-state index in [1.54, 1.807) is 37.3 Å². The van der Waals surface area contributed by atoms with Crippen LogP contribution in [-0.4, -0.2) is 38.4 Å². The topological polar surface area (TPSA) is 89.1 Å². The zero-order valence-electron chi connectivity index (χ0n) is 21.5. The summed E-state index contributed by atoms with van der Waals surface area (Å²) in [5.41, 5.74) is 3.32. The fourth-order valence-electron chi connectivity index (χ4n) is 5.13. The number of methoxy groups -OCH3 is 2. The minimum Gasteiger partial charge on any atom is -0.493 e. The molecule has 0 radical (unpaired) electrons. The molecule has 192 valence electrons. The van der Waals surface area contributed by atoms with E-state index in [-0.39, 0.29) is 18.0 Å². The minimum absolute atomic E-state index is 0.125. The Morgan fingerprint density at radius 2 is 1.92 bits per heavy atom. The zero-order chi connectivity index (χ0) is 26.2. The predicted molar refractivity (Wildman–Crippen MR) is 141 cm³/mol. The summed E-state index contributed by atoms with van der Waals surface area (Å²) in [5, 5.41) is 6.08. The Kier molecular flexibility index (Phi) is 6.41. The molecule has 37 heavy (non-hydrogen) atoms. The summed E-state index contributed by atoms with van der Waals surface area (Å²) in [4.78, 5) is 27.8. The van der Waals surface area contributed by atoms with Gasteiger partial charge in [0.2, 0.25) is 0 Å². The van der Waals surface area contributed by atoms with E-state index >= 15 is 0 Å². The van der Waals surface area contributed by atoms with Gasteiger partial charge in [-0.15, -0.1) is 0 Å². The lowest BCUT2D eigenvalue weighted by molar-refractivity contribution is 0.0378. The number of hydrogen-bond donors (Lipinski definition) is 2. The number of carbonyl (C=O) groups excluding carboxylic acids is 2. The van der Waals surface area contributed by atoms with Gasteiger partial charge in [-0.05, 0) is 62.2 Å². The summed E-state index contributed by atoms with van der Waals surface area (Å²) in [7, 11) is 3.19. The van der Waals surface area contributed by atoms with Crippen LogP contribution in [0, 0.1) is 6.92 Å². The maximum atomic E-state index is 13.2. The highest BCUT2D eigenvalue weighted by molar-refractivity contribution is 5.99. The molecule has 1 fully saturated rings. The summed E-state index contributed by atoms with van der Waals surface area (Å²) in [6.07, 6.45) is 1.23. The lowest BCUT2D eigenvalue weighted by Crippen LogP contribution is -2.65. The SMILES string of the molecule is COc1ccc(CCNC(=O)c2cccc(N3C(=O)NC4CC3(C)Oc3ccc(C)cc34)c2)cc1OC. The number of amides is 3. The van der Waals surface area contributed by atoms with Crippen LogP contribution >= 0.6 is 0 Å². The summed E-state index contributed by atoms with van der Waals surface area (Å²) < 4.78 is 17.0. The van der Waals surface area contributed by atoms with E-state index in [4.69, 9.17) is 14.2 Å². The maximum absolute atomic E-state index is 13.2. The smallest absolute Gasteiger partial charge is 0.325 e. The number of ether oxygens (including phenoxy) is 3. The van der Waals surface area contributed by atoms with Crippen LogP contribution in [0.5, 0.6) is 17.2 Å². The molecule has 8 nitrogen and oxygen atoms in total. The number of benzene rings is 3. The van der Waals surface area contributed by atoms with Crippen LogP contribution in [0.2, 0.25) is 0 Å². The lowest BCUT2D eigenvalue weighted by atomic mass is 9.89. The Morgan fingerprint density at radius 1 is 1.11 bits per heavy atom. The quantitative estimate of drug-likeness (QED) is 0.488. The van der Waals surface area contributed by atoms with Gasteiger partial charge in [0.05, 0.1) is 25.9 Å². The first-order valence-corrected chi connectivity index (χ1v) is 12.3. The van der Waals surface area contributed by atoms with Crippen molar-refractivity contribution in [2.75, 3.05) is 25.7 Å². The highest BCUT2D eigenvalue weighted by Gasteiger charge is 2.49. The van der Waals surface area contributed by atoms with Crippen molar-refractivity contribution in [1.82, 2.24) is 10.6 Å². The number of urea groups is 1. The maximum Gasteiger partial charge on any atom is 0.325 e. The van der Waals surface area contributed by atoms with Crippen LogP contribution in [0.1, 0.15) is 46.4 Å². The second kappa shape index (κ2) is 9.69. The third-order valence-electron chi connectivity index (χ3n) is 6.94. The van der Waals surface area contributed by atoms with Gasteiger partial charge < -0.3 is 24.8 Å². The van der Waals surface area contributed by atoms with Gasteiger partial charge in [-0.1, -0.05) is 29.8 Å². The van der Waals surface area contributed by atoms with Gasteiger partial charge in [0.1, 0.15) is 5.75 Å². The number of carbonyl (C=O) groups is 2. The molecule has 2 aliphatic rings. The minimum atomic E-state index is -0.877. The molecule has 3 aromatic rings. The number of rotatable bonds is 7. The average Bonchev–Trinajstić information content (AvgIpc) is 2.88. The largest absolute Gasteiger partial charge is 0.493 e. The van der Waals surface area contributed by atoms with Gasteiger partial charge in [0.15, 0.2) is 17.2 Å². The van der Waals surface area contributed by atoms with E-state index in [1.165, 1.54) is 0 Å². The Labute approximate surface area is 216 Å². The summed E-state index contributed by atoms with van der Waals surface area (Å²) in [5.74, 6) is 1.86. The molecule has 1 saturated heterocycles. The first-order chi connectivity index (χ1) is 17.8. The van der Waals surface area contributed by atoms with Crippen LogP contribution in [0.25, 0.3) is 0 Å². The second-order valence-corrected chi connectivity index (χ2v) is 9.61. The first kappa shape index (κ1) is 24.5. The van der Waals surface area contributed by atoms with Gasteiger partial charge in [-0.25, -0.2) is 4.79 Å². The van der Waals surface area contributed by atoms with Gasteiger partial charge in [-0.3, -0.25) is 9.69 Å². The van der Waals surface area contributed by atoms with Crippen molar-refractivity contribution in [1.29, 1.82) is 0 Å². The predicted octanol–water partition coefficient (Wildman–Crippen LogP) is 4.75. The van der Waals surface area contributed by atoms with Crippen LogP contribution in [0.15, 0.2) is 60.7 Å². The average molecular weight is 502 g/mol.